The van der Waals surface area contributed by atoms with Crippen molar-refractivity contribution in [3.8, 4) is 0 Å². The zero-order valence-corrected chi connectivity index (χ0v) is 3.77. The second kappa shape index (κ2) is 0.604. The predicted molar refractivity (Wildman–Crippen MR) is 21.9 cm³/mol. The van der Waals surface area contributed by atoms with Crippen LogP contribution in [0.2, 0.25) is 0 Å². The van der Waals surface area contributed by atoms with Crippen molar-refractivity contribution in [1.82, 2.24) is 0 Å². The summed E-state index contributed by atoms with van der Waals surface area (Å²) in [4.78, 5) is 0. The van der Waals surface area contributed by atoms with Gasteiger partial charge in [0.2, 0.25) is 0 Å². The van der Waals surface area contributed by atoms with Gasteiger partial charge in [-0.25, -0.2) is 0 Å². The van der Waals surface area contributed by atoms with Crippen molar-refractivity contribution < 1.29 is 4.74 Å². The van der Waals surface area contributed by atoms with Crippen LogP contribution in [0.3, 0.4) is 0 Å². The van der Waals surface area contributed by atoms with Gasteiger partial charge in [-0.15, -0.1) is 4.74 Å². The van der Waals surface area contributed by atoms with Gasteiger partial charge in [0.05, 0.1) is 6.42 Å². The quantitative estimate of drug-likeness (QED) is 0.314. The molecule has 1 aliphatic carbocycles. The number of rotatable bonds is 0. The van der Waals surface area contributed by atoms with Crippen LogP contribution < -0.4 is 0 Å². The van der Waals surface area contributed by atoms with Crippen molar-refractivity contribution in [2.45, 2.75) is 19.4 Å². The highest BCUT2D eigenvalue weighted by Gasteiger charge is 2.71. The number of epoxide rings is 1. The van der Waals surface area contributed by atoms with Crippen molar-refractivity contribution in [1.29, 1.82) is 0 Å². The molecule has 2 unspecified atom stereocenters. The maximum absolute atomic E-state index is 5.06. The lowest BCUT2D eigenvalue weighted by molar-refractivity contribution is 0.441. The first kappa shape index (κ1) is 2.92. The highest BCUT2D eigenvalue weighted by molar-refractivity contribution is 5.17. The second-order valence-corrected chi connectivity index (χ2v) is 2.15. The SMILES string of the molecule is CC1CC2O[C+]12. The zero-order valence-electron chi connectivity index (χ0n) is 3.77. The first-order valence-corrected chi connectivity index (χ1v) is 2.41. The summed E-state index contributed by atoms with van der Waals surface area (Å²) in [6.45, 7) is 2.21. The summed E-state index contributed by atoms with van der Waals surface area (Å²) in [5.41, 5.74) is 0. The van der Waals surface area contributed by atoms with Gasteiger partial charge in [-0.3, -0.25) is 0 Å². The van der Waals surface area contributed by atoms with Crippen LogP contribution in [0.15, 0.2) is 0 Å². The molecule has 2 fully saturated rings. The number of hydrogen-bond donors (Lipinski definition) is 0. The highest BCUT2D eigenvalue weighted by Crippen LogP contribution is 2.53. The smallest absolute Gasteiger partial charge is 0.136 e. The predicted octanol–water partition coefficient (Wildman–Crippen LogP) is 0.957. The topological polar surface area (TPSA) is 12.5 Å². The van der Waals surface area contributed by atoms with E-state index in [1.165, 1.54) is 12.5 Å². The molecule has 0 spiro atoms. The molecular formula is C5H7O+. The van der Waals surface area contributed by atoms with Gasteiger partial charge in [0.1, 0.15) is 5.92 Å². The monoisotopic (exact) mass is 83.0 g/mol. The Balaban J connectivity index is 2.08. The molecule has 6 heavy (non-hydrogen) atoms. The minimum Gasteiger partial charge on any atom is -0.136 e. The van der Waals surface area contributed by atoms with Crippen LogP contribution in [0.4, 0.5) is 0 Å². The fourth-order valence-electron chi connectivity index (χ4n) is 1.00. The van der Waals surface area contributed by atoms with Gasteiger partial charge in [0.25, 0.3) is 12.2 Å². The van der Waals surface area contributed by atoms with Crippen LogP contribution in [0.1, 0.15) is 13.3 Å². The molecule has 32 valence electrons. The minimum absolute atomic E-state index is 0.625. The molecule has 2 rings (SSSR count). The molecule has 1 nitrogen and oxygen atoms in total. The van der Waals surface area contributed by atoms with E-state index < -0.39 is 0 Å². The Kier molecular flexibility index (Phi) is 0.294. The summed E-state index contributed by atoms with van der Waals surface area (Å²) in [6, 6.07) is 0. The van der Waals surface area contributed by atoms with Gasteiger partial charge in [0, 0.05) is 0 Å². The fraction of sp³-hybridized carbons (Fsp3) is 0.800. The van der Waals surface area contributed by atoms with Crippen LogP contribution >= 0.6 is 0 Å². The van der Waals surface area contributed by atoms with Crippen LogP contribution in [-0.2, 0) is 4.74 Å². The standard InChI is InChI=1S/C5H7O/c1-3-2-4-5(3)6-4/h3-4H,2H2,1H3/q+1. The summed E-state index contributed by atoms with van der Waals surface area (Å²) >= 11 is 0. The van der Waals surface area contributed by atoms with Crippen LogP contribution in [-0.4, -0.2) is 6.10 Å². The molecule has 0 radical (unpaired) electrons. The third kappa shape index (κ3) is 0.160. The number of hydrogen-bond acceptors (Lipinski definition) is 1. The maximum atomic E-state index is 5.06. The molecular weight excluding hydrogens is 76.1 g/mol. The molecule has 0 bridgehead atoms. The summed E-state index contributed by atoms with van der Waals surface area (Å²) < 4.78 is 5.06. The lowest BCUT2D eigenvalue weighted by atomic mass is 9.88. The fourth-order valence-corrected chi connectivity index (χ4v) is 1.00. The molecule has 2 aliphatic rings. The van der Waals surface area contributed by atoms with E-state index in [2.05, 4.69) is 6.92 Å². The van der Waals surface area contributed by atoms with Gasteiger partial charge in [-0.05, 0) is 6.92 Å². The summed E-state index contributed by atoms with van der Waals surface area (Å²) in [5, 5.41) is 0. The van der Waals surface area contributed by atoms with Gasteiger partial charge >= 0.3 is 0 Å². The number of fused-ring (bicyclic) bond motifs is 1. The zero-order chi connectivity index (χ0) is 4.15. The molecule has 1 saturated carbocycles. The van der Waals surface area contributed by atoms with Gasteiger partial charge < -0.3 is 0 Å². The molecule has 0 amide bonds. The van der Waals surface area contributed by atoms with E-state index in [1.807, 2.05) is 0 Å². The molecule has 0 aromatic carbocycles. The lowest BCUT2D eigenvalue weighted by Crippen LogP contribution is -2.12. The molecule has 2 atom stereocenters. The number of ether oxygens (including phenoxy) is 1. The average molecular weight is 83.1 g/mol. The van der Waals surface area contributed by atoms with Crippen molar-refractivity contribution in [3.63, 3.8) is 0 Å². The maximum Gasteiger partial charge on any atom is 0.285 e. The van der Waals surface area contributed by atoms with E-state index in [0.29, 0.717) is 6.10 Å². The van der Waals surface area contributed by atoms with Crippen molar-refractivity contribution >= 4 is 0 Å². The van der Waals surface area contributed by atoms with E-state index in [1.54, 1.807) is 0 Å². The lowest BCUT2D eigenvalue weighted by Gasteiger charge is -1.97. The third-order valence-corrected chi connectivity index (χ3v) is 1.59. The van der Waals surface area contributed by atoms with E-state index in [4.69, 9.17) is 4.74 Å². The normalized spacial score (nSPS) is 50.5. The molecule has 1 aliphatic heterocycles. The molecule has 0 N–H and O–H groups in total. The van der Waals surface area contributed by atoms with Crippen LogP contribution in [0, 0.1) is 12.0 Å². The molecule has 0 aromatic heterocycles. The van der Waals surface area contributed by atoms with Gasteiger partial charge in [0.15, 0.2) is 0 Å². The Hall–Kier alpha value is -0.170. The van der Waals surface area contributed by atoms with E-state index >= 15 is 0 Å². The summed E-state index contributed by atoms with van der Waals surface area (Å²) in [5.74, 6) is 0.801. The first-order valence-electron chi connectivity index (χ1n) is 2.41. The van der Waals surface area contributed by atoms with Gasteiger partial charge in [-0.2, -0.15) is 0 Å². The first-order chi connectivity index (χ1) is 2.88. The molecule has 0 aromatic rings. The summed E-state index contributed by atoms with van der Waals surface area (Å²) in [6.07, 6.45) is 3.27. The molecule has 1 saturated heterocycles. The average Bonchev–Trinajstić information content (AvgIpc) is 2.12. The minimum atomic E-state index is 0.625. The molecule has 1 heteroatoms. The Morgan fingerprint density at radius 3 is 2.67 bits per heavy atom. The van der Waals surface area contributed by atoms with Gasteiger partial charge in [-0.1, -0.05) is 0 Å². The largest absolute Gasteiger partial charge is 0.285 e. The van der Waals surface area contributed by atoms with E-state index in [-0.39, 0.29) is 0 Å². The second-order valence-electron chi connectivity index (χ2n) is 2.15. The Morgan fingerprint density at radius 2 is 2.67 bits per heavy atom. The van der Waals surface area contributed by atoms with Crippen molar-refractivity contribution in [2.75, 3.05) is 0 Å². The highest BCUT2D eigenvalue weighted by atomic mass is 16.6. The Bertz CT molecular complexity index is 80.0. The van der Waals surface area contributed by atoms with Crippen LogP contribution in [0.5, 0.6) is 0 Å². The van der Waals surface area contributed by atoms with Crippen molar-refractivity contribution in [3.05, 3.63) is 6.10 Å². The Labute approximate surface area is 37.3 Å². The van der Waals surface area contributed by atoms with E-state index in [9.17, 15) is 0 Å². The van der Waals surface area contributed by atoms with E-state index in [0.717, 1.165) is 5.92 Å². The Morgan fingerprint density at radius 1 is 1.83 bits per heavy atom. The third-order valence-electron chi connectivity index (χ3n) is 1.59. The summed E-state index contributed by atoms with van der Waals surface area (Å²) in [7, 11) is 0. The van der Waals surface area contributed by atoms with Crippen LogP contribution in [0.25, 0.3) is 0 Å². The van der Waals surface area contributed by atoms with Crippen molar-refractivity contribution in [2.24, 2.45) is 5.92 Å². The molecule has 1 heterocycles.